The molecule has 6 nitrogen and oxygen atoms in total. The van der Waals surface area contributed by atoms with E-state index >= 15 is 0 Å². The summed E-state index contributed by atoms with van der Waals surface area (Å²) in [6, 6.07) is 6.31. The van der Waals surface area contributed by atoms with E-state index in [1.807, 2.05) is 24.3 Å². The number of unbranched alkanes of at least 4 members (excludes halogenated alkanes) is 9. The number of hydrogen-bond donors (Lipinski definition) is 2. The van der Waals surface area contributed by atoms with Crippen LogP contribution in [-0.4, -0.2) is 35.4 Å². The van der Waals surface area contributed by atoms with E-state index in [-0.39, 0.29) is 6.42 Å². The van der Waals surface area contributed by atoms with Crippen LogP contribution >= 0.6 is 0 Å². The van der Waals surface area contributed by atoms with Gasteiger partial charge in [-0.3, -0.25) is 0 Å². The molecule has 1 aromatic rings. The fourth-order valence-corrected chi connectivity index (χ4v) is 3.39. The first-order chi connectivity index (χ1) is 15.2. The summed E-state index contributed by atoms with van der Waals surface area (Å²) in [5, 5.41) is 11.8. The highest BCUT2D eigenvalue weighted by molar-refractivity contribution is 5.80. The third-order valence-electron chi connectivity index (χ3n) is 5.12. The van der Waals surface area contributed by atoms with Crippen LogP contribution in [0.2, 0.25) is 0 Å². The number of carboxylic acid groups (broad SMARTS) is 1. The average Bonchev–Trinajstić information content (AvgIpc) is 2.71. The summed E-state index contributed by atoms with van der Waals surface area (Å²) < 4.78 is 10.9. The first-order valence-electron chi connectivity index (χ1n) is 12.2. The van der Waals surface area contributed by atoms with Crippen LogP contribution in [0.3, 0.4) is 0 Å². The van der Waals surface area contributed by atoms with Gasteiger partial charge in [-0.15, -0.1) is 0 Å². The molecule has 0 fully saturated rings. The molecule has 0 saturated heterocycles. The van der Waals surface area contributed by atoms with Crippen LogP contribution in [0.1, 0.15) is 97.5 Å². The average molecular weight is 450 g/mol. The SMILES string of the molecule is CCCCCCCCCCCCOc1ccc(C[C@H](NC(=O)OC(C)(C)C)C(=O)O)cc1. The molecule has 1 aromatic carbocycles. The van der Waals surface area contributed by atoms with Gasteiger partial charge in [-0.1, -0.05) is 76.8 Å². The molecule has 0 heterocycles. The highest BCUT2D eigenvalue weighted by atomic mass is 16.6. The first-order valence-corrected chi connectivity index (χ1v) is 12.2. The van der Waals surface area contributed by atoms with Crippen molar-refractivity contribution in [3.8, 4) is 5.75 Å². The van der Waals surface area contributed by atoms with E-state index in [0.717, 1.165) is 17.7 Å². The van der Waals surface area contributed by atoms with Crippen LogP contribution in [0.4, 0.5) is 4.79 Å². The summed E-state index contributed by atoms with van der Waals surface area (Å²) in [6.07, 6.45) is 12.3. The number of amides is 1. The number of alkyl carbamates (subject to hydrolysis) is 1. The number of carbonyl (C=O) groups is 2. The lowest BCUT2D eigenvalue weighted by Gasteiger charge is -2.22. The van der Waals surface area contributed by atoms with Gasteiger partial charge in [-0.2, -0.15) is 0 Å². The monoisotopic (exact) mass is 449 g/mol. The maximum Gasteiger partial charge on any atom is 0.408 e. The second-order valence-electron chi connectivity index (χ2n) is 9.42. The van der Waals surface area contributed by atoms with Gasteiger partial charge < -0.3 is 19.9 Å². The minimum Gasteiger partial charge on any atom is -0.494 e. The van der Waals surface area contributed by atoms with Gasteiger partial charge >= 0.3 is 12.1 Å². The number of rotatable bonds is 16. The summed E-state index contributed by atoms with van der Waals surface area (Å²) in [5.74, 6) is -0.325. The maximum atomic E-state index is 11.9. The van der Waals surface area contributed by atoms with Gasteiger partial charge in [0.2, 0.25) is 0 Å². The molecule has 0 radical (unpaired) electrons. The van der Waals surface area contributed by atoms with Gasteiger partial charge in [0.15, 0.2) is 0 Å². The molecule has 32 heavy (non-hydrogen) atoms. The smallest absolute Gasteiger partial charge is 0.408 e. The lowest BCUT2D eigenvalue weighted by atomic mass is 10.1. The largest absolute Gasteiger partial charge is 0.494 e. The normalized spacial score (nSPS) is 12.2. The molecule has 0 aliphatic rings. The van der Waals surface area contributed by atoms with Crippen LogP contribution in [0.15, 0.2) is 24.3 Å². The third-order valence-corrected chi connectivity index (χ3v) is 5.12. The lowest BCUT2D eigenvalue weighted by molar-refractivity contribution is -0.139. The lowest BCUT2D eigenvalue weighted by Crippen LogP contribution is -2.44. The molecule has 0 aromatic heterocycles. The predicted molar refractivity (Wildman–Crippen MR) is 128 cm³/mol. The summed E-state index contributed by atoms with van der Waals surface area (Å²) in [6.45, 7) is 8.13. The topological polar surface area (TPSA) is 84.9 Å². The van der Waals surface area contributed by atoms with Crippen molar-refractivity contribution in [1.29, 1.82) is 0 Å². The van der Waals surface area contributed by atoms with Gasteiger partial charge in [0, 0.05) is 6.42 Å². The Labute approximate surface area is 194 Å². The van der Waals surface area contributed by atoms with E-state index < -0.39 is 23.7 Å². The minimum atomic E-state index is -1.10. The Morgan fingerprint density at radius 1 is 0.906 bits per heavy atom. The molecule has 0 aliphatic carbocycles. The van der Waals surface area contributed by atoms with Crippen LogP contribution in [-0.2, 0) is 16.0 Å². The number of ether oxygens (including phenoxy) is 2. The second kappa shape index (κ2) is 15.5. The van der Waals surface area contributed by atoms with Gasteiger partial charge in [0.05, 0.1) is 6.61 Å². The van der Waals surface area contributed by atoms with E-state index in [1.165, 1.54) is 57.8 Å². The Hall–Kier alpha value is -2.24. The summed E-state index contributed by atoms with van der Waals surface area (Å²) in [7, 11) is 0. The molecule has 0 saturated carbocycles. The molecule has 1 amide bonds. The molecular formula is C26H43NO5. The van der Waals surface area contributed by atoms with Crippen LogP contribution in [0.25, 0.3) is 0 Å². The van der Waals surface area contributed by atoms with Gasteiger partial charge in [-0.25, -0.2) is 9.59 Å². The summed E-state index contributed by atoms with van der Waals surface area (Å²) in [4.78, 5) is 23.4. The Bertz CT molecular complexity index is 651. The molecule has 1 rings (SSSR count). The van der Waals surface area contributed by atoms with Crippen molar-refractivity contribution in [2.75, 3.05) is 6.61 Å². The molecule has 1 atom stereocenters. The Kier molecular flexibility index (Phi) is 13.5. The zero-order valence-electron chi connectivity index (χ0n) is 20.5. The molecule has 0 aliphatic heterocycles. The zero-order chi connectivity index (χ0) is 23.8. The van der Waals surface area contributed by atoms with Crippen molar-refractivity contribution in [1.82, 2.24) is 5.32 Å². The van der Waals surface area contributed by atoms with Gasteiger partial charge in [0.25, 0.3) is 0 Å². The molecular weight excluding hydrogens is 406 g/mol. The van der Waals surface area contributed by atoms with Crippen LogP contribution < -0.4 is 10.1 Å². The number of benzene rings is 1. The third kappa shape index (κ3) is 13.9. The first kappa shape index (κ1) is 27.8. The predicted octanol–water partition coefficient (Wildman–Crippen LogP) is 6.51. The molecule has 2 N–H and O–H groups in total. The number of carbonyl (C=O) groups excluding carboxylic acids is 1. The summed E-state index contributed by atoms with van der Waals surface area (Å²) in [5.41, 5.74) is 0.125. The van der Waals surface area contributed by atoms with Crippen molar-refractivity contribution in [3.63, 3.8) is 0 Å². The Morgan fingerprint density at radius 3 is 1.94 bits per heavy atom. The highest BCUT2D eigenvalue weighted by Gasteiger charge is 2.24. The van der Waals surface area contributed by atoms with Crippen LogP contribution in [0.5, 0.6) is 5.75 Å². The molecule has 0 bridgehead atoms. The minimum absolute atomic E-state index is 0.174. The van der Waals surface area contributed by atoms with Crippen molar-refractivity contribution in [3.05, 3.63) is 29.8 Å². The van der Waals surface area contributed by atoms with Crippen LogP contribution in [0, 0.1) is 0 Å². The fourth-order valence-electron chi connectivity index (χ4n) is 3.39. The van der Waals surface area contributed by atoms with E-state index in [2.05, 4.69) is 12.2 Å². The number of carboxylic acids is 1. The number of hydrogen-bond acceptors (Lipinski definition) is 4. The molecule has 182 valence electrons. The van der Waals surface area contributed by atoms with Crippen molar-refractivity contribution >= 4 is 12.1 Å². The second-order valence-corrected chi connectivity index (χ2v) is 9.42. The number of nitrogens with one attached hydrogen (secondary N) is 1. The quantitative estimate of drug-likeness (QED) is 0.281. The van der Waals surface area contributed by atoms with E-state index in [1.54, 1.807) is 20.8 Å². The molecule has 6 heteroatoms. The van der Waals surface area contributed by atoms with Crippen molar-refractivity contribution in [2.24, 2.45) is 0 Å². The number of aliphatic carboxylic acids is 1. The van der Waals surface area contributed by atoms with Gasteiger partial charge in [-0.05, 0) is 44.9 Å². The molecule has 0 unspecified atom stereocenters. The van der Waals surface area contributed by atoms with E-state index in [4.69, 9.17) is 9.47 Å². The maximum absolute atomic E-state index is 11.9. The Balaban J connectivity index is 2.26. The fraction of sp³-hybridized carbons (Fsp3) is 0.692. The zero-order valence-corrected chi connectivity index (χ0v) is 20.5. The highest BCUT2D eigenvalue weighted by Crippen LogP contribution is 2.16. The summed E-state index contributed by atoms with van der Waals surface area (Å²) >= 11 is 0. The van der Waals surface area contributed by atoms with E-state index in [9.17, 15) is 14.7 Å². The van der Waals surface area contributed by atoms with Crippen molar-refractivity contribution < 1.29 is 24.2 Å². The molecule has 0 spiro atoms. The Morgan fingerprint density at radius 2 is 1.44 bits per heavy atom. The van der Waals surface area contributed by atoms with Crippen molar-refractivity contribution in [2.45, 2.75) is 110 Å². The van der Waals surface area contributed by atoms with E-state index in [0.29, 0.717) is 6.61 Å². The standard InChI is InChI=1S/C26H43NO5/c1-5-6-7-8-9-10-11-12-13-14-19-31-22-17-15-21(16-18-22)20-23(24(28)29)27-25(30)32-26(2,3)4/h15-18,23H,5-14,19-20H2,1-4H3,(H,27,30)(H,28,29)/t23-/m0/s1. The van der Waals surface area contributed by atoms with Gasteiger partial charge in [0.1, 0.15) is 17.4 Å².